The fraction of sp³-hybridized carbons (Fsp3) is 0.714. The van der Waals surface area contributed by atoms with Gasteiger partial charge in [0.25, 0.3) is 0 Å². The van der Waals surface area contributed by atoms with Gasteiger partial charge in [0.15, 0.2) is 0 Å². The highest BCUT2D eigenvalue weighted by molar-refractivity contribution is 5.85. The highest BCUT2D eigenvalue weighted by Crippen LogP contribution is 1.93. The molecule has 0 heterocycles. The molecule has 0 bridgehead atoms. The van der Waals surface area contributed by atoms with E-state index in [9.17, 15) is 0 Å². The lowest BCUT2D eigenvalue weighted by Gasteiger charge is -2.26. The summed E-state index contributed by atoms with van der Waals surface area (Å²) in [6.45, 7) is 8.10. The quantitative estimate of drug-likeness (QED) is 0.456. The fourth-order valence-electron chi connectivity index (χ4n) is 0.479. The lowest BCUT2D eigenvalue weighted by Crippen LogP contribution is -3.00. The number of likely N-dealkylation sites (N-methyl/N-ethyl adjacent to an activating group) is 1. The van der Waals surface area contributed by atoms with Crippen molar-refractivity contribution in [2.24, 2.45) is 0 Å². The van der Waals surface area contributed by atoms with Gasteiger partial charge in [0.2, 0.25) is 0 Å². The molecule has 0 aromatic carbocycles. The van der Waals surface area contributed by atoms with Crippen LogP contribution in [0.4, 0.5) is 0 Å². The minimum absolute atomic E-state index is 0. The van der Waals surface area contributed by atoms with Crippen molar-refractivity contribution in [2.45, 2.75) is 6.92 Å². The Hall–Kier alpha value is 0.240. The molecule has 0 aromatic heterocycles. The van der Waals surface area contributed by atoms with Crippen LogP contribution in [-0.4, -0.2) is 31.7 Å². The summed E-state index contributed by atoms with van der Waals surface area (Å²) in [6, 6.07) is 0. The van der Waals surface area contributed by atoms with E-state index in [4.69, 9.17) is 0 Å². The molecule has 0 amide bonds. The molecular formula is C7H20Cl2N2. The summed E-state index contributed by atoms with van der Waals surface area (Å²) < 4.78 is 1.05. The average Bonchev–Trinajstić information content (AvgIpc) is 1.67. The first-order valence-electron chi connectivity index (χ1n) is 3.05. The highest BCUT2D eigenvalue weighted by atomic mass is 35.5. The van der Waals surface area contributed by atoms with Gasteiger partial charge in [0.05, 0.1) is 27.2 Å². The Kier molecular flexibility index (Phi) is 20.9. The van der Waals surface area contributed by atoms with Gasteiger partial charge in [-0.15, -0.1) is 12.4 Å². The predicted molar refractivity (Wildman–Crippen MR) is 50.0 cm³/mol. The van der Waals surface area contributed by atoms with E-state index in [0.29, 0.717) is 0 Å². The van der Waals surface area contributed by atoms with Gasteiger partial charge < -0.3 is 23.0 Å². The minimum Gasteiger partial charge on any atom is -1.00 e. The number of hydrogen-bond acceptors (Lipinski definition) is 1. The number of rotatable bonds is 3. The van der Waals surface area contributed by atoms with Crippen LogP contribution < -0.4 is 18.6 Å². The molecule has 0 saturated heterocycles. The van der Waals surface area contributed by atoms with Crippen molar-refractivity contribution >= 4 is 12.4 Å². The third kappa shape index (κ3) is 13.3. The molecule has 0 aliphatic heterocycles. The summed E-state index contributed by atoms with van der Waals surface area (Å²) in [5, 5.41) is 0. The lowest BCUT2D eigenvalue weighted by molar-refractivity contribution is -0.882. The van der Waals surface area contributed by atoms with Gasteiger partial charge in [0.1, 0.15) is 0 Å². The topological polar surface area (TPSA) is 35.0 Å². The summed E-state index contributed by atoms with van der Waals surface area (Å²) in [7, 11) is 4.39. The lowest BCUT2D eigenvalue weighted by atomic mass is 10.4. The van der Waals surface area contributed by atoms with Gasteiger partial charge in [-0.05, 0) is 13.0 Å². The molecule has 0 aliphatic rings. The minimum atomic E-state index is 0. The zero-order valence-corrected chi connectivity index (χ0v) is 9.21. The Morgan fingerprint density at radius 3 is 1.82 bits per heavy atom. The molecule has 0 unspecified atom stereocenters. The molecule has 3 N–H and O–H groups in total. The third-order valence-electron chi connectivity index (χ3n) is 1.48. The number of halogens is 2. The Balaban J connectivity index is -0.0000000817. The van der Waals surface area contributed by atoms with Crippen molar-refractivity contribution < 1.29 is 16.9 Å². The van der Waals surface area contributed by atoms with Crippen molar-refractivity contribution in [3.63, 3.8) is 0 Å². The molecule has 0 aliphatic carbocycles. The molecule has 0 atom stereocenters. The zero-order chi connectivity index (χ0) is 6.62. The van der Waals surface area contributed by atoms with Crippen LogP contribution in [0.3, 0.4) is 0 Å². The molecule has 0 saturated carbocycles. The first-order chi connectivity index (χ1) is 3.62. The van der Waals surface area contributed by atoms with Gasteiger partial charge in [-0.2, -0.15) is 0 Å². The smallest absolute Gasteiger partial charge is 0.0966 e. The second-order valence-corrected chi connectivity index (χ2v) is 2.72. The number of quaternary nitrogens is 1. The van der Waals surface area contributed by atoms with E-state index in [0.717, 1.165) is 11.0 Å². The van der Waals surface area contributed by atoms with E-state index < -0.39 is 0 Å². The molecule has 0 radical (unpaired) electrons. The van der Waals surface area contributed by atoms with Crippen molar-refractivity contribution in [3.05, 3.63) is 12.7 Å². The summed E-state index contributed by atoms with van der Waals surface area (Å²) in [4.78, 5) is 0. The molecule has 4 heteroatoms. The fourth-order valence-corrected chi connectivity index (χ4v) is 0.479. The number of nitrogens with zero attached hydrogens (tertiary/aromatic N) is 1. The Morgan fingerprint density at radius 2 is 1.73 bits per heavy atom. The normalized spacial score (nSPS) is 8.27. The van der Waals surface area contributed by atoms with Crippen molar-refractivity contribution in [1.29, 1.82) is 0 Å². The van der Waals surface area contributed by atoms with E-state index in [1.165, 1.54) is 6.54 Å². The third-order valence-corrected chi connectivity index (χ3v) is 1.48. The van der Waals surface area contributed by atoms with Gasteiger partial charge in [-0.1, -0.05) is 6.58 Å². The molecule has 0 fully saturated rings. The van der Waals surface area contributed by atoms with Crippen LogP contribution in [-0.2, 0) is 0 Å². The van der Waals surface area contributed by atoms with Crippen LogP contribution in [0.15, 0.2) is 12.7 Å². The Labute approximate surface area is 82.7 Å². The molecule has 72 valence electrons. The molecule has 11 heavy (non-hydrogen) atoms. The van der Waals surface area contributed by atoms with Crippen LogP contribution in [0.5, 0.6) is 0 Å². The summed E-state index contributed by atoms with van der Waals surface area (Å²) >= 11 is 0. The second kappa shape index (κ2) is 10.2. The van der Waals surface area contributed by atoms with Crippen LogP contribution in [0.1, 0.15) is 6.92 Å². The summed E-state index contributed by atoms with van der Waals surface area (Å²) in [5.74, 6) is 0. The van der Waals surface area contributed by atoms with Gasteiger partial charge in [0, 0.05) is 0 Å². The zero-order valence-electron chi connectivity index (χ0n) is 7.64. The van der Waals surface area contributed by atoms with Crippen molar-refractivity contribution in [1.82, 2.24) is 6.15 Å². The van der Waals surface area contributed by atoms with E-state index in [1.807, 2.05) is 6.08 Å². The highest BCUT2D eigenvalue weighted by Gasteiger charge is 2.06. The largest absolute Gasteiger partial charge is 1.00 e. The van der Waals surface area contributed by atoms with Gasteiger partial charge >= 0.3 is 0 Å². The summed E-state index contributed by atoms with van der Waals surface area (Å²) in [5.41, 5.74) is 0. The predicted octanol–water partition coefficient (Wildman–Crippen LogP) is -1.14. The Morgan fingerprint density at radius 1 is 1.36 bits per heavy atom. The SMILES string of the molecule is C=CC[N+](C)(C)CC.Cl.N.[Cl-]. The molecular weight excluding hydrogens is 183 g/mol. The van der Waals surface area contributed by atoms with Crippen LogP contribution in [0.25, 0.3) is 0 Å². The van der Waals surface area contributed by atoms with Crippen molar-refractivity contribution in [2.75, 3.05) is 27.2 Å². The maximum Gasteiger partial charge on any atom is 0.0966 e. The molecule has 0 spiro atoms. The van der Waals surface area contributed by atoms with Crippen molar-refractivity contribution in [3.8, 4) is 0 Å². The van der Waals surface area contributed by atoms with Gasteiger partial charge in [-0.25, -0.2) is 0 Å². The monoisotopic (exact) mass is 202 g/mol. The standard InChI is InChI=1S/C7H16N.2ClH.H3N/c1-5-7-8(3,4)6-2;;;/h5H,1,6-7H2,2-4H3;2*1H;1H3/q+1;;;/p-1. The Bertz CT molecular complexity index is 84.5. The molecule has 2 nitrogen and oxygen atoms in total. The van der Waals surface area contributed by atoms with E-state index in [1.54, 1.807) is 0 Å². The maximum absolute atomic E-state index is 3.68. The van der Waals surface area contributed by atoms with Crippen LogP contribution in [0, 0.1) is 0 Å². The molecule has 0 rings (SSSR count). The first-order valence-corrected chi connectivity index (χ1v) is 3.05. The van der Waals surface area contributed by atoms with Crippen LogP contribution >= 0.6 is 12.4 Å². The van der Waals surface area contributed by atoms with E-state index in [-0.39, 0.29) is 31.0 Å². The molecule has 0 aromatic rings. The average molecular weight is 203 g/mol. The number of hydrogen-bond donors (Lipinski definition) is 1. The first kappa shape index (κ1) is 22.5. The van der Waals surface area contributed by atoms with Gasteiger partial charge in [-0.3, -0.25) is 0 Å². The summed E-state index contributed by atoms with van der Waals surface area (Å²) in [6.07, 6.45) is 1.96. The van der Waals surface area contributed by atoms with E-state index in [2.05, 4.69) is 27.6 Å². The van der Waals surface area contributed by atoms with E-state index >= 15 is 0 Å². The maximum atomic E-state index is 3.68. The second-order valence-electron chi connectivity index (χ2n) is 2.72. The van der Waals surface area contributed by atoms with Crippen LogP contribution in [0.2, 0.25) is 0 Å².